The molecule has 0 aliphatic rings. The predicted octanol–water partition coefficient (Wildman–Crippen LogP) is 5.24. The molecule has 0 spiro atoms. The van der Waals surface area contributed by atoms with Gasteiger partial charge in [-0.05, 0) is 72.4 Å². The zero-order valence-corrected chi connectivity index (χ0v) is 20.2. The van der Waals surface area contributed by atoms with Crippen LogP contribution in [0.5, 0.6) is 5.75 Å². The number of hydrogen-bond donors (Lipinski definition) is 2. The fourth-order valence-corrected chi connectivity index (χ4v) is 3.78. The molecule has 5 nitrogen and oxygen atoms in total. The fraction of sp³-hybridized carbons (Fsp3) is 0.241. The fourth-order valence-electron chi connectivity index (χ4n) is 3.78. The number of carbonyl (C=O) groups excluding carboxylic acids is 1. The van der Waals surface area contributed by atoms with Crippen molar-refractivity contribution < 1.29 is 9.53 Å². The number of benzene rings is 2. The molecule has 1 aromatic heterocycles. The predicted molar refractivity (Wildman–Crippen MR) is 139 cm³/mol. The van der Waals surface area contributed by atoms with Crippen LogP contribution in [0.15, 0.2) is 90.3 Å². The van der Waals surface area contributed by atoms with Crippen molar-refractivity contribution in [3.8, 4) is 5.75 Å². The van der Waals surface area contributed by atoms with Crippen LogP contribution < -0.4 is 15.8 Å². The number of ether oxygens (including phenoxy) is 1. The molecule has 3 aromatic rings. The Hall–Kier alpha value is -3.70. The Morgan fingerprint density at radius 2 is 1.56 bits per heavy atom. The highest BCUT2D eigenvalue weighted by Crippen LogP contribution is 2.34. The van der Waals surface area contributed by atoms with E-state index in [2.05, 4.69) is 65.8 Å². The van der Waals surface area contributed by atoms with Crippen molar-refractivity contribution in [1.29, 1.82) is 0 Å². The Labute approximate surface area is 202 Å². The van der Waals surface area contributed by atoms with Crippen LogP contribution in [0, 0.1) is 0 Å². The molecule has 1 heterocycles. The minimum Gasteiger partial charge on any atom is -0.492 e. The summed E-state index contributed by atoms with van der Waals surface area (Å²) in [5, 5.41) is 3.28. The molecule has 3 N–H and O–H groups in total. The van der Waals surface area contributed by atoms with Gasteiger partial charge in [-0.3, -0.25) is 9.78 Å². The van der Waals surface area contributed by atoms with Gasteiger partial charge in [0.25, 0.3) is 0 Å². The van der Waals surface area contributed by atoms with Crippen molar-refractivity contribution >= 4 is 17.1 Å². The molecule has 0 aliphatic heterocycles. The van der Waals surface area contributed by atoms with Crippen molar-refractivity contribution in [3.63, 3.8) is 0 Å². The number of rotatable bonds is 11. The van der Waals surface area contributed by atoms with E-state index >= 15 is 0 Å². The number of amides is 1. The van der Waals surface area contributed by atoms with E-state index in [0.29, 0.717) is 25.3 Å². The van der Waals surface area contributed by atoms with Crippen LogP contribution in [0.3, 0.4) is 0 Å². The summed E-state index contributed by atoms with van der Waals surface area (Å²) in [6, 6.07) is 22.9. The topological polar surface area (TPSA) is 77.2 Å². The maximum atomic E-state index is 11.2. The van der Waals surface area contributed by atoms with Gasteiger partial charge in [-0.2, -0.15) is 0 Å². The molecule has 0 saturated heterocycles. The summed E-state index contributed by atoms with van der Waals surface area (Å²) >= 11 is 0. The van der Waals surface area contributed by atoms with Gasteiger partial charge in [0, 0.05) is 31.1 Å². The van der Waals surface area contributed by atoms with Gasteiger partial charge in [0.05, 0.1) is 0 Å². The first-order valence-corrected chi connectivity index (χ1v) is 11.6. The van der Waals surface area contributed by atoms with Crippen LogP contribution in [0.4, 0.5) is 0 Å². The van der Waals surface area contributed by atoms with Crippen LogP contribution in [0.2, 0.25) is 0 Å². The number of primary amides is 1. The molecule has 0 radical (unpaired) electrons. The van der Waals surface area contributed by atoms with E-state index in [1.165, 1.54) is 16.7 Å². The molecule has 0 bridgehead atoms. The molecule has 176 valence electrons. The van der Waals surface area contributed by atoms with Gasteiger partial charge in [0.2, 0.25) is 5.91 Å². The van der Waals surface area contributed by atoms with Gasteiger partial charge in [0.1, 0.15) is 12.4 Å². The molecule has 0 atom stereocenters. The minimum atomic E-state index is -0.380. The third-order valence-corrected chi connectivity index (χ3v) is 5.84. The van der Waals surface area contributed by atoms with E-state index < -0.39 is 0 Å². The molecule has 5 heteroatoms. The zero-order chi connectivity index (χ0) is 24.3. The Balaban J connectivity index is 1.73. The van der Waals surface area contributed by atoms with E-state index in [9.17, 15) is 4.79 Å². The summed E-state index contributed by atoms with van der Waals surface area (Å²) < 4.78 is 5.91. The van der Waals surface area contributed by atoms with Crippen LogP contribution in [-0.4, -0.2) is 30.6 Å². The molecule has 3 rings (SSSR count). The highest BCUT2D eigenvalue weighted by Gasteiger charge is 2.13. The summed E-state index contributed by atoms with van der Waals surface area (Å²) in [5.41, 5.74) is 12.9. The Morgan fingerprint density at radius 3 is 2.18 bits per heavy atom. The molecule has 0 aliphatic carbocycles. The average Bonchev–Trinajstić information content (AvgIpc) is 2.88. The second-order valence-corrected chi connectivity index (χ2v) is 8.13. The smallest absolute Gasteiger partial charge is 0.244 e. The number of nitrogens with one attached hydrogen (secondary N) is 1. The summed E-state index contributed by atoms with van der Waals surface area (Å²) in [6.45, 7) is 7.64. The quantitative estimate of drug-likeness (QED) is 0.235. The Morgan fingerprint density at radius 1 is 0.912 bits per heavy atom. The van der Waals surface area contributed by atoms with E-state index in [4.69, 9.17) is 10.5 Å². The lowest BCUT2D eigenvalue weighted by Gasteiger charge is -2.16. The van der Waals surface area contributed by atoms with E-state index in [1.54, 1.807) is 6.92 Å². The van der Waals surface area contributed by atoms with Gasteiger partial charge >= 0.3 is 0 Å². The van der Waals surface area contributed by atoms with Crippen LogP contribution in [-0.2, 0) is 4.79 Å². The first kappa shape index (κ1) is 24.9. The number of hydrogen-bond acceptors (Lipinski definition) is 4. The molecule has 0 fully saturated rings. The van der Waals surface area contributed by atoms with Gasteiger partial charge in [-0.15, -0.1) is 0 Å². The lowest BCUT2D eigenvalue weighted by Crippen LogP contribution is -2.24. The monoisotopic (exact) mass is 455 g/mol. The largest absolute Gasteiger partial charge is 0.492 e. The molecule has 34 heavy (non-hydrogen) atoms. The normalized spacial score (nSPS) is 12.6. The van der Waals surface area contributed by atoms with Gasteiger partial charge in [0.15, 0.2) is 0 Å². The van der Waals surface area contributed by atoms with Gasteiger partial charge in [-0.25, -0.2) is 0 Å². The van der Waals surface area contributed by atoms with Crippen LogP contribution >= 0.6 is 0 Å². The van der Waals surface area contributed by atoms with Crippen molar-refractivity contribution in [1.82, 2.24) is 10.3 Å². The van der Waals surface area contributed by atoms with E-state index in [0.717, 1.165) is 28.9 Å². The molecule has 0 unspecified atom stereocenters. The summed E-state index contributed by atoms with van der Waals surface area (Å²) in [6.07, 6.45) is 4.58. The second-order valence-electron chi connectivity index (χ2n) is 8.13. The SMILES string of the molecule is CC/C(=C(\c1ccncc1)c1ccc(OCCNC/C(C)=C(\C)C(N)=O)cc1)c1ccccc1. The lowest BCUT2D eigenvalue weighted by atomic mass is 9.88. The van der Waals surface area contributed by atoms with Crippen LogP contribution in [0.1, 0.15) is 43.9 Å². The second kappa shape index (κ2) is 12.5. The van der Waals surface area contributed by atoms with Crippen molar-refractivity contribution in [2.75, 3.05) is 19.7 Å². The average molecular weight is 456 g/mol. The maximum Gasteiger partial charge on any atom is 0.244 e. The number of allylic oxidation sites excluding steroid dienone is 1. The van der Waals surface area contributed by atoms with Gasteiger partial charge < -0.3 is 15.8 Å². The summed E-state index contributed by atoms with van der Waals surface area (Å²) in [5.74, 6) is 0.437. The summed E-state index contributed by atoms with van der Waals surface area (Å²) in [4.78, 5) is 15.4. The highest BCUT2D eigenvalue weighted by molar-refractivity contribution is 5.98. The Bertz CT molecular complexity index is 1140. The molecular formula is C29H33N3O2. The third-order valence-electron chi connectivity index (χ3n) is 5.84. The van der Waals surface area contributed by atoms with Crippen LogP contribution in [0.25, 0.3) is 11.1 Å². The number of nitrogens with zero attached hydrogens (tertiary/aromatic N) is 1. The lowest BCUT2D eigenvalue weighted by molar-refractivity contribution is -0.114. The first-order chi connectivity index (χ1) is 16.5. The van der Waals surface area contributed by atoms with E-state index in [-0.39, 0.29) is 5.91 Å². The molecule has 2 aromatic carbocycles. The number of aromatic nitrogens is 1. The van der Waals surface area contributed by atoms with Gasteiger partial charge in [-0.1, -0.05) is 55.0 Å². The number of pyridine rings is 1. The molecule has 1 amide bonds. The number of carbonyl (C=O) groups is 1. The van der Waals surface area contributed by atoms with Crippen molar-refractivity contribution in [2.45, 2.75) is 27.2 Å². The Kier molecular flexibility index (Phi) is 9.18. The molecular weight excluding hydrogens is 422 g/mol. The number of nitrogens with two attached hydrogens (primary N) is 1. The third kappa shape index (κ3) is 6.65. The minimum absolute atomic E-state index is 0.380. The first-order valence-electron chi connectivity index (χ1n) is 11.6. The maximum absolute atomic E-state index is 11.2. The van der Waals surface area contributed by atoms with Crippen molar-refractivity contribution in [2.24, 2.45) is 5.73 Å². The highest BCUT2D eigenvalue weighted by atomic mass is 16.5. The standard InChI is InChI=1S/C29H33N3O2/c1-4-27(23-8-6-5-7-9-23)28(25-14-16-31-17-15-25)24-10-12-26(13-11-24)34-19-18-32-20-21(2)22(3)29(30)33/h5-17,32H,4,18-20H2,1-3H3,(H2,30,33)/b22-21+,28-27+. The van der Waals surface area contributed by atoms with Crippen molar-refractivity contribution in [3.05, 3.63) is 107 Å². The van der Waals surface area contributed by atoms with E-state index in [1.807, 2.05) is 37.5 Å². The molecule has 0 saturated carbocycles. The zero-order valence-electron chi connectivity index (χ0n) is 20.2. The summed E-state index contributed by atoms with van der Waals surface area (Å²) in [7, 11) is 0.